The number of nitrogens with one attached hydrogen (secondary N) is 1. The third kappa shape index (κ3) is 2.16. The van der Waals surface area contributed by atoms with Gasteiger partial charge >= 0.3 is 6.18 Å². The van der Waals surface area contributed by atoms with Crippen LogP contribution in [0.2, 0.25) is 0 Å². The van der Waals surface area contributed by atoms with E-state index in [1.165, 1.54) is 0 Å². The Bertz CT molecular complexity index is 257. The number of nitrogens with zero attached hydrogens (tertiary/aromatic N) is 1. The molecule has 3 nitrogen and oxygen atoms in total. The SMILES string of the molecule is NNCc1cnc(C(F)(F)F)s1. The van der Waals surface area contributed by atoms with E-state index in [2.05, 4.69) is 10.4 Å². The van der Waals surface area contributed by atoms with Crippen LogP contribution >= 0.6 is 11.3 Å². The number of hydrogen-bond acceptors (Lipinski definition) is 4. The Morgan fingerprint density at radius 2 is 2.25 bits per heavy atom. The largest absolute Gasteiger partial charge is 0.443 e. The fraction of sp³-hybridized carbons (Fsp3) is 0.400. The highest BCUT2D eigenvalue weighted by Crippen LogP contribution is 2.32. The van der Waals surface area contributed by atoms with Gasteiger partial charge in [-0.1, -0.05) is 0 Å². The number of nitrogens with two attached hydrogens (primary N) is 1. The first kappa shape index (κ1) is 9.43. The zero-order valence-corrected chi connectivity index (χ0v) is 6.67. The average Bonchev–Trinajstić information content (AvgIpc) is 2.35. The first-order valence-corrected chi connectivity index (χ1v) is 3.81. The van der Waals surface area contributed by atoms with Gasteiger partial charge in [0.15, 0.2) is 5.01 Å². The van der Waals surface area contributed by atoms with Crippen LogP contribution in [0.5, 0.6) is 0 Å². The summed E-state index contributed by atoms with van der Waals surface area (Å²) in [5.41, 5.74) is 2.25. The number of thiazole rings is 1. The molecule has 7 heteroatoms. The highest BCUT2D eigenvalue weighted by Gasteiger charge is 2.34. The molecular formula is C5H6F3N3S. The van der Waals surface area contributed by atoms with Gasteiger partial charge in [-0.3, -0.25) is 11.3 Å². The zero-order chi connectivity index (χ0) is 9.19. The van der Waals surface area contributed by atoms with Gasteiger partial charge in [0.05, 0.1) is 0 Å². The molecule has 0 spiro atoms. The third-order valence-corrected chi connectivity index (χ3v) is 2.11. The average molecular weight is 197 g/mol. The summed E-state index contributed by atoms with van der Waals surface area (Å²) < 4.78 is 35.8. The van der Waals surface area contributed by atoms with Gasteiger partial charge in [0.25, 0.3) is 0 Å². The van der Waals surface area contributed by atoms with Gasteiger partial charge in [-0.15, -0.1) is 11.3 Å². The summed E-state index contributed by atoms with van der Waals surface area (Å²) in [5.74, 6) is 4.93. The summed E-state index contributed by atoms with van der Waals surface area (Å²) in [4.78, 5) is 3.67. The van der Waals surface area contributed by atoms with Crippen LogP contribution in [0.25, 0.3) is 0 Å². The Morgan fingerprint density at radius 1 is 1.58 bits per heavy atom. The third-order valence-electron chi connectivity index (χ3n) is 1.07. The molecule has 0 aliphatic rings. The van der Waals surface area contributed by atoms with Gasteiger partial charge in [0, 0.05) is 17.6 Å². The standard InChI is InChI=1S/C5H6F3N3S/c6-5(7,8)4-10-1-3(12-4)2-11-9/h1,11H,2,9H2. The Kier molecular flexibility index (Phi) is 2.65. The molecule has 0 saturated heterocycles. The van der Waals surface area contributed by atoms with E-state index in [1.54, 1.807) is 0 Å². The molecule has 0 bridgehead atoms. The summed E-state index contributed by atoms with van der Waals surface area (Å²) in [7, 11) is 0. The maximum Gasteiger partial charge on any atom is 0.443 e. The van der Waals surface area contributed by atoms with Gasteiger partial charge in [-0.2, -0.15) is 13.2 Å². The van der Waals surface area contributed by atoms with Crippen molar-refractivity contribution in [3.63, 3.8) is 0 Å². The molecule has 0 radical (unpaired) electrons. The van der Waals surface area contributed by atoms with Crippen molar-refractivity contribution in [2.45, 2.75) is 12.7 Å². The van der Waals surface area contributed by atoms with Crippen molar-refractivity contribution in [1.29, 1.82) is 0 Å². The zero-order valence-electron chi connectivity index (χ0n) is 5.85. The molecule has 0 amide bonds. The van der Waals surface area contributed by atoms with E-state index in [4.69, 9.17) is 5.84 Å². The van der Waals surface area contributed by atoms with Crippen molar-refractivity contribution < 1.29 is 13.2 Å². The highest BCUT2D eigenvalue weighted by atomic mass is 32.1. The lowest BCUT2D eigenvalue weighted by molar-refractivity contribution is -0.137. The minimum Gasteiger partial charge on any atom is -0.271 e. The molecule has 0 aliphatic heterocycles. The Balaban J connectivity index is 2.77. The maximum atomic E-state index is 11.9. The molecule has 0 fully saturated rings. The van der Waals surface area contributed by atoms with Gasteiger partial charge in [-0.05, 0) is 0 Å². The number of aromatic nitrogens is 1. The fourth-order valence-corrected chi connectivity index (χ4v) is 1.35. The van der Waals surface area contributed by atoms with E-state index >= 15 is 0 Å². The Labute approximate surface area is 70.4 Å². The molecule has 1 aromatic heterocycles. The van der Waals surface area contributed by atoms with Gasteiger partial charge in [-0.25, -0.2) is 4.98 Å². The second kappa shape index (κ2) is 3.38. The molecule has 68 valence electrons. The monoisotopic (exact) mass is 197 g/mol. The Hall–Kier alpha value is -0.660. The molecule has 12 heavy (non-hydrogen) atoms. The maximum absolute atomic E-state index is 11.9. The highest BCUT2D eigenvalue weighted by molar-refractivity contribution is 7.11. The molecule has 0 aromatic carbocycles. The lowest BCUT2D eigenvalue weighted by Crippen LogP contribution is -2.19. The van der Waals surface area contributed by atoms with Crippen LogP contribution in [0.4, 0.5) is 13.2 Å². The second-order valence-corrected chi connectivity index (χ2v) is 3.13. The lowest BCUT2D eigenvalue weighted by Gasteiger charge is -1.98. The van der Waals surface area contributed by atoms with Crippen LogP contribution in [0.1, 0.15) is 9.88 Å². The predicted octanol–water partition coefficient (Wildman–Crippen LogP) is 1.13. The molecule has 0 saturated carbocycles. The molecule has 1 aromatic rings. The molecule has 3 N–H and O–H groups in total. The van der Waals surface area contributed by atoms with E-state index in [0.717, 1.165) is 6.20 Å². The van der Waals surface area contributed by atoms with Crippen LogP contribution in [-0.2, 0) is 12.7 Å². The lowest BCUT2D eigenvalue weighted by atomic mass is 10.6. The van der Waals surface area contributed by atoms with E-state index in [-0.39, 0.29) is 6.54 Å². The van der Waals surface area contributed by atoms with Crippen molar-refractivity contribution in [3.05, 3.63) is 16.1 Å². The van der Waals surface area contributed by atoms with Crippen molar-refractivity contribution in [3.8, 4) is 0 Å². The minimum absolute atomic E-state index is 0.202. The number of rotatable bonds is 2. The van der Waals surface area contributed by atoms with E-state index < -0.39 is 11.2 Å². The number of hydrazine groups is 1. The van der Waals surface area contributed by atoms with E-state index in [1.807, 2.05) is 0 Å². The van der Waals surface area contributed by atoms with Crippen molar-refractivity contribution in [2.75, 3.05) is 0 Å². The summed E-state index contributed by atoms with van der Waals surface area (Å²) >= 11 is 0.586. The minimum atomic E-state index is -4.35. The van der Waals surface area contributed by atoms with Crippen molar-refractivity contribution in [2.24, 2.45) is 5.84 Å². The van der Waals surface area contributed by atoms with Gasteiger partial charge in [0.1, 0.15) is 0 Å². The van der Waals surface area contributed by atoms with Crippen LogP contribution in [-0.4, -0.2) is 4.98 Å². The molecule has 1 heterocycles. The molecule has 0 aliphatic carbocycles. The van der Waals surface area contributed by atoms with Crippen LogP contribution in [0.15, 0.2) is 6.20 Å². The van der Waals surface area contributed by atoms with Gasteiger partial charge < -0.3 is 0 Å². The predicted molar refractivity (Wildman–Crippen MR) is 38.1 cm³/mol. The van der Waals surface area contributed by atoms with E-state index in [0.29, 0.717) is 16.2 Å². The number of halogens is 3. The topological polar surface area (TPSA) is 50.9 Å². The fourth-order valence-electron chi connectivity index (χ4n) is 0.621. The summed E-state index contributed by atoms with van der Waals surface area (Å²) in [6.45, 7) is 0.202. The van der Waals surface area contributed by atoms with Gasteiger partial charge in [0.2, 0.25) is 0 Å². The van der Waals surface area contributed by atoms with Crippen LogP contribution in [0.3, 0.4) is 0 Å². The van der Waals surface area contributed by atoms with Crippen molar-refractivity contribution in [1.82, 2.24) is 10.4 Å². The molecule has 1 rings (SSSR count). The van der Waals surface area contributed by atoms with Crippen LogP contribution in [0, 0.1) is 0 Å². The Morgan fingerprint density at radius 3 is 2.67 bits per heavy atom. The van der Waals surface area contributed by atoms with E-state index in [9.17, 15) is 13.2 Å². The van der Waals surface area contributed by atoms with Crippen LogP contribution < -0.4 is 11.3 Å². The summed E-state index contributed by atoms with van der Waals surface area (Å²) in [6.07, 6.45) is -3.19. The molecule has 0 atom stereocenters. The quantitative estimate of drug-likeness (QED) is 0.552. The summed E-state index contributed by atoms with van der Waals surface area (Å²) in [5, 5.41) is -0.840. The first-order chi connectivity index (χ1) is 5.54. The van der Waals surface area contributed by atoms with Crippen molar-refractivity contribution >= 4 is 11.3 Å². The number of hydrogen-bond donors (Lipinski definition) is 2. The smallest absolute Gasteiger partial charge is 0.271 e. The molecule has 0 unspecified atom stereocenters. The summed E-state index contributed by atoms with van der Waals surface area (Å²) in [6, 6.07) is 0. The first-order valence-electron chi connectivity index (χ1n) is 2.99. The second-order valence-electron chi connectivity index (χ2n) is 2.01. The number of alkyl halides is 3. The molecular weight excluding hydrogens is 191 g/mol. The normalized spacial score (nSPS) is 12.0.